The van der Waals surface area contributed by atoms with Gasteiger partial charge >= 0.3 is 0 Å². The van der Waals surface area contributed by atoms with Crippen LogP contribution in [0.15, 0.2) is 0 Å². The third-order valence-corrected chi connectivity index (χ3v) is 4.22. The SMILES string of the molecule is CC1CC(C)C(C)C(C)(CN(C)C)C1. The fraction of sp³-hybridized carbons (Fsp3) is 1.00. The summed E-state index contributed by atoms with van der Waals surface area (Å²) in [7, 11) is 4.39. The highest BCUT2D eigenvalue weighted by Gasteiger charge is 2.40. The molecule has 14 heavy (non-hydrogen) atoms. The first-order valence-corrected chi connectivity index (χ1v) is 6.00. The van der Waals surface area contributed by atoms with Gasteiger partial charge in [0.1, 0.15) is 0 Å². The molecule has 0 saturated heterocycles. The van der Waals surface area contributed by atoms with Gasteiger partial charge in [-0.3, -0.25) is 0 Å². The van der Waals surface area contributed by atoms with E-state index < -0.39 is 0 Å². The van der Waals surface area contributed by atoms with Crippen molar-refractivity contribution in [2.75, 3.05) is 20.6 Å². The molecule has 4 atom stereocenters. The fourth-order valence-corrected chi connectivity index (χ4v) is 3.52. The van der Waals surface area contributed by atoms with Crippen molar-refractivity contribution in [3.05, 3.63) is 0 Å². The molecule has 0 aromatic rings. The molecule has 84 valence electrons. The van der Waals surface area contributed by atoms with Gasteiger partial charge in [0.25, 0.3) is 0 Å². The molecule has 0 radical (unpaired) electrons. The molecule has 0 aliphatic heterocycles. The van der Waals surface area contributed by atoms with Crippen LogP contribution < -0.4 is 0 Å². The summed E-state index contributed by atoms with van der Waals surface area (Å²) in [6, 6.07) is 0. The second-order valence-corrected chi connectivity index (χ2v) is 6.20. The molecule has 0 spiro atoms. The number of nitrogens with zero attached hydrogens (tertiary/aromatic N) is 1. The molecule has 0 heterocycles. The molecule has 1 fully saturated rings. The maximum absolute atomic E-state index is 2.48. The van der Waals surface area contributed by atoms with Gasteiger partial charge in [0.05, 0.1) is 0 Å². The van der Waals surface area contributed by atoms with Crippen molar-refractivity contribution in [2.24, 2.45) is 23.2 Å². The molecular weight excluding hydrogens is 170 g/mol. The first-order valence-electron chi connectivity index (χ1n) is 6.00. The number of hydrogen-bond donors (Lipinski definition) is 0. The van der Waals surface area contributed by atoms with E-state index in [0.29, 0.717) is 5.41 Å². The Hall–Kier alpha value is -0.0400. The van der Waals surface area contributed by atoms with Crippen LogP contribution in [0.2, 0.25) is 0 Å². The summed E-state index contributed by atoms with van der Waals surface area (Å²) in [6.07, 6.45) is 2.82. The Balaban J connectivity index is 2.72. The van der Waals surface area contributed by atoms with Crippen molar-refractivity contribution in [1.82, 2.24) is 4.90 Å². The van der Waals surface area contributed by atoms with Gasteiger partial charge in [-0.25, -0.2) is 0 Å². The van der Waals surface area contributed by atoms with Crippen LogP contribution in [-0.2, 0) is 0 Å². The second-order valence-electron chi connectivity index (χ2n) is 6.20. The predicted octanol–water partition coefficient (Wildman–Crippen LogP) is 3.26. The Morgan fingerprint density at radius 2 is 1.79 bits per heavy atom. The molecule has 1 saturated carbocycles. The third kappa shape index (κ3) is 2.50. The largest absolute Gasteiger partial charge is 0.309 e. The molecule has 1 aliphatic rings. The highest BCUT2D eigenvalue weighted by molar-refractivity contribution is 4.91. The van der Waals surface area contributed by atoms with Gasteiger partial charge in [0, 0.05) is 6.54 Å². The van der Waals surface area contributed by atoms with Crippen molar-refractivity contribution in [1.29, 1.82) is 0 Å². The topological polar surface area (TPSA) is 3.24 Å². The van der Waals surface area contributed by atoms with Crippen molar-refractivity contribution in [2.45, 2.75) is 40.5 Å². The molecule has 1 rings (SSSR count). The summed E-state index contributed by atoms with van der Waals surface area (Å²) in [4.78, 5) is 2.35. The zero-order valence-electron chi connectivity index (χ0n) is 10.8. The van der Waals surface area contributed by atoms with E-state index in [0.717, 1.165) is 17.8 Å². The summed E-state index contributed by atoms with van der Waals surface area (Å²) in [5.41, 5.74) is 0.528. The van der Waals surface area contributed by atoms with E-state index in [9.17, 15) is 0 Å². The molecular formula is C13H27N. The van der Waals surface area contributed by atoms with E-state index in [4.69, 9.17) is 0 Å². The Labute approximate surface area is 89.9 Å². The lowest BCUT2D eigenvalue weighted by Gasteiger charge is -2.47. The van der Waals surface area contributed by atoms with Crippen LogP contribution in [0.4, 0.5) is 0 Å². The van der Waals surface area contributed by atoms with Crippen LogP contribution in [-0.4, -0.2) is 25.5 Å². The highest BCUT2D eigenvalue weighted by Crippen LogP contribution is 2.46. The van der Waals surface area contributed by atoms with E-state index in [1.807, 2.05) is 0 Å². The Kier molecular flexibility index (Phi) is 3.63. The standard InChI is InChI=1S/C13H27N/c1-10-7-11(2)12(3)13(4,8-10)9-14(5)6/h10-12H,7-9H2,1-6H3. The Bertz CT molecular complexity index is 184. The third-order valence-electron chi connectivity index (χ3n) is 4.22. The molecule has 1 nitrogen and oxygen atoms in total. The maximum Gasteiger partial charge on any atom is 0.00320 e. The van der Waals surface area contributed by atoms with Crippen LogP contribution >= 0.6 is 0 Å². The van der Waals surface area contributed by atoms with Gasteiger partial charge in [-0.1, -0.05) is 27.7 Å². The van der Waals surface area contributed by atoms with E-state index in [2.05, 4.69) is 46.7 Å². The van der Waals surface area contributed by atoms with Crippen molar-refractivity contribution < 1.29 is 0 Å². The van der Waals surface area contributed by atoms with Crippen molar-refractivity contribution >= 4 is 0 Å². The zero-order valence-corrected chi connectivity index (χ0v) is 10.8. The quantitative estimate of drug-likeness (QED) is 0.657. The van der Waals surface area contributed by atoms with Crippen LogP contribution in [0.1, 0.15) is 40.5 Å². The minimum atomic E-state index is 0.528. The maximum atomic E-state index is 2.48. The summed E-state index contributed by atoms with van der Waals surface area (Å²) < 4.78 is 0. The summed E-state index contributed by atoms with van der Waals surface area (Å²) in [5, 5.41) is 0. The lowest BCUT2D eigenvalue weighted by atomic mass is 9.60. The van der Waals surface area contributed by atoms with Crippen LogP contribution in [0.5, 0.6) is 0 Å². The van der Waals surface area contributed by atoms with E-state index in [1.165, 1.54) is 19.4 Å². The lowest BCUT2D eigenvalue weighted by molar-refractivity contribution is 0.0251. The van der Waals surface area contributed by atoms with Crippen LogP contribution in [0, 0.1) is 23.2 Å². The molecule has 1 aliphatic carbocycles. The average molecular weight is 197 g/mol. The molecule has 1 heteroatoms. The first kappa shape index (κ1) is 12.0. The van der Waals surface area contributed by atoms with Crippen molar-refractivity contribution in [3.63, 3.8) is 0 Å². The number of hydrogen-bond acceptors (Lipinski definition) is 1. The average Bonchev–Trinajstić information content (AvgIpc) is 1.98. The molecule has 0 aromatic carbocycles. The van der Waals surface area contributed by atoms with Gasteiger partial charge in [-0.15, -0.1) is 0 Å². The molecule has 0 bridgehead atoms. The first-order chi connectivity index (χ1) is 6.35. The van der Waals surface area contributed by atoms with Gasteiger partial charge in [0.15, 0.2) is 0 Å². The normalized spacial score (nSPS) is 44.4. The second kappa shape index (κ2) is 4.22. The molecule has 0 amide bonds. The van der Waals surface area contributed by atoms with Crippen molar-refractivity contribution in [3.8, 4) is 0 Å². The number of rotatable bonds is 2. The summed E-state index contributed by atoms with van der Waals surface area (Å²) in [5.74, 6) is 2.66. The van der Waals surface area contributed by atoms with Gasteiger partial charge in [-0.2, -0.15) is 0 Å². The molecule has 0 N–H and O–H groups in total. The van der Waals surface area contributed by atoms with E-state index in [1.54, 1.807) is 0 Å². The van der Waals surface area contributed by atoms with E-state index >= 15 is 0 Å². The van der Waals surface area contributed by atoms with E-state index in [-0.39, 0.29) is 0 Å². The molecule has 4 unspecified atom stereocenters. The smallest absolute Gasteiger partial charge is 0.00320 e. The Morgan fingerprint density at radius 3 is 2.29 bits per heavy atom. The van der Waals surface area contributed by atoms with Gasteiger partial charge in [-0.05, 0) is 50.1 Å². The zero-order chi connectivity index (χ0) is 10.9. The van der Waals surface area contributed by atoms with Gasteiger partial charge < -0.3 is 4.90 Å². The monoisotopic (exact) mass is 197 g/mol. The minimum Gasteiger partial charge on any atom is -0.309 e. The minimum absolute atomic E-state index is 0.528. The van der Waals surface area contributed by atoms with Crippen LogP contribution in [0.25, 0.3) is 0 Å². The molecule has 0 aromatic heterocycles. The predicted molar refractivity (Wildman–Crippen MR) is 63.4 cm³/mol. The van der Waals surface area contributed by atoms with Gasteiger partial charge in [0.2, 0.25) is 0 Å². The summed E-state index contributed by atoms with van der Waals surface area (Å²) in [6.45, 7) is 11.0. The van der Waals surface area contributed by atoms with Crippen LogP contribution in [0.3, 0.4) is 0 Å². The fourth-order valence-electron chi connectivity index (χ4n) is 3.52. The Morgan fingerprint density at radius 1 is 1.21 bits per heavy atom. The highest BCUT2D eigenvalue weighted by atomic mass is 15.1. The summed E-state index contributed by atoms with van der Waals surface area (Å²) >= 11 is 0. The lowest BCUT2D eigenvalue weighted by Crippen LogP contribution is -2.43.